The Labute approximate surface area is 179 Å². The van der Waals surface area contributed by atoms with Gasteiger partial charge in [0.05, 0.1) is 16.3 Å². The van der Waals surface area contributed by atoms with Gasteiger partial charge in [0.2, 0.25) is 10.0 Å². The van der Waals surface area contributed by atoms with Crippen molar-refractivity contribution in [2.45, 2.75) is 25.1 Å². The van der Waals surface area contributed by atoms with Gasteiger partial charge in [0.15, 0.2) is 0 Å². The number of hydrogen-bond acceptors (Lipinski definition) is 5. The van der Waals surface area contributed by atoms with E-state index in [-0.39, 0.29) is 16.1 Å². The normalized spacial score (nSPS) is 12.0. The Morgan fingerprint density at radius 2 is 1.61 bits per heavy atom. The van der Waals surface area contributed by atoms with Crippen molar-refractivity contribution in [3.05, 3.63) is 48.0 Å². The number of carbonyl (C=O) groups is 1. The molecule has 0 radical (unpaired) electrons. The van der Waals surface area contributed by atoms with Gasteiger partial charge in [0.25, 0.3) is 5.91 Å². The standard InChI is InChI=1S/C20H24F3N3O4S/c1-5-26(6-2)31(28,29)16-11-12-18(25(3)4)17(13-16)24-19(27)14-7-9-15(10-8-14)30-20(21,22)23/h7-13H,5-6H2,1-4H3,(H,24,27). The summed E-state index contributed by atoms with van der Waals surface area (Å²) in [6, 6.07) is 8.81. The smallest absolute Gasteiger partial charge is 0.406 e. The van der Waals surface area contributed by atoms with Crippen molar-refractivity contribution in [1.82, 2.24) is 4.31 Å². The Kier molecular flexibility index (Phi) is 7.55. The molecule has 0 aliphatic rings. The first-order valence-electron chi connectivity index (χ1n) is 9.37. The molecule has 0 saturated heterocycles. The molecule has 0 unspecified atom stereocenters. The summed E-state index contributed by atoms with van der Waals surface area (Å²) in [4.78, 5) is 14.4. The van der Waals surface area contributed by atoms with E-state index in [2.05, 4.69) is 10.1 Å². The van der Waals surface area contributed by atoms with E-state index < -0.39 is 28.0 Å². The van der Waals surface area contributed by atoms with E-state index in [1.807, 2.05) is 0 Å². The third kappa shape index (κ3) is 6.11. The number of amides is 1. The molecular weight excluding hydrogens is 435 g/mol. The maximum atomic E-state index is 12.8. The molecule has 0 spiro atoms. The Balaban J connectivity index is 2.35. The minimum atomic E-state index is -4.83. The minimum Gasteiger partial charge on any atom is -0.406 e. The molecule has 0 aromatic heterocycles. The number of sulfonamides is 1. The molecule has 0 heterocycles. The second-order valence-corrected chi connectivity index (χ2v) is 8.63. The number of nitrogens with one attached hydrogen (secondary N) is 1. The summed E-state index contributed by atoms with van der Waals surface area (Å²) in [7, 11) is -0.291. The second-order valence-electron chi connectivity index (χ2n) is 6.69. The zero-order valence-corrected chi connectivity index (χ0v) is 18.3. The van der Waals surface area contributed by atoms with Crippen molar-refractivity contribution >= 4 is 27.3 Å². The molecule has 2 rings (SSSR count). The van der Waals surface area contributed by atoms with Gasteiger partial charge in [-0.05, 0) is 42.5 Å². The summed E-state index contributed by atoms with van der Waals surface area (Å²) >= 11 is 0. The molecule has 11 heteroatoms. The first-order chi connectivity index (χ1) is 14.4. The van der Waals surface area contributed by atoms with Gasteiger partial charge >= 0.3 is 6.36 Å². The molecule has 0 bridgehead atoms. The number of nitrogens with zero attached hydrogens (tertiary/aromatic N) is 2. The number of carbonyl (C=O) groups excluding carboxylic acids is 1. The van der Waals surface area contributed by atoms with Crippen molar-refractivity contribution < 1.29 is 31.1 Å². The van der Waals surface area contributed by atoms with E-state index in [9.17, 15) is 26.4 Å². The van der Waals surface area contributed by atoms with E-state index in [4.69, 9.17) is 0 Å². The zero-order chi connectivity index (χ0) is 23.4. The van der Waals surface area contributed by atoms with Crippen LogP contribution in [0.4, 0.5) is 24.5 Å². The molecule has 0 atom stereocenters. The molecule has 2 aromatic carbocycles. The lowest BCUT2D eigenvalue weighted by Gasteiger charge is -2.22. The summed E-state index contributed by atoms with van der Waals surface area (Å²) in [5.74, 6) is -1.07. The second kappa shape index (κ2) is 9.56. The molecule has 2 aromatic rings. The van der Waals surface area contributed by atoms with E-state index in [1.54, 1.807) is 38.9 Å². The van der Waals surface area contributed by atoms with Crippen molar-refractivity contribution in [1.29, 1.82) is 0 Å². The third-order valence-electron chi connectivity index (χ3n) is 4.39. The van der Waals surface area contributed by atoms with Gasteiger partial charge in [-0.15, -0.1) is 13.2 Å². The predicted octanol–water partition coefficient (Wildman–Crippen LogP) is 3.93. The van der Waals surface area contributed by atoms with Crippen LogP contribution in [0.1, 0.15) is 24.2 Å². The van der Waals surface area contributed by atoms with Crippen LogP contribution in [-0.2, 0) is 10.0 Å². The zero-order valence-electron chi connectivity index (χ0n) is 17.5. The third-order valence-corrected chi connectivity index (χ3v) is 6.44. The Morgan fingerprint density at radius 3 is 2.10 bits per heavy atom. The fourth-order valence-electron chi connectivity index (χ4n) is 2.88. The average molecular weight is 459 g/mol. The van der Waals surface area contributed by atoms with Crippen LogP contribution in [0.3, 0.4) is 0 Å². The lowest BCUT2D eigenvalue weighted by atomic mass is 10.2. The Morgan fingerprint density at radius 1 is 1.03 bits per heavy atom. The maximum Gasteiger partial charge on any atom is 0.573 e. The molecule has 31 heavy (non-hydrogen) atoms. The van der Waals surface area contributed by atoms with Gasteiger partial charge in [0.1, 0.15) is 5.75 Å². The first-order valence-corrected chi connectivity index (χ1v) is 10.8. The van der Waals surface area contributed by atoms with E-state index in [0.29, 0.717) is 18.8 Å². The van der Waals surface area contributed by atoms with Gasteiger partial charge in [-0.1, -0.05) is 13.8 Å². The van der Waals surface area contributed by atoms with Crippen LogP contribution in [0.15, 0.2) is 47.4 Å². The van der Waals surface area contributed by atoms with Crippen LogP contribution in [0.25, 0.3) is 0 Å². The molecule has 0 fully saturated rings. The number of ether oxygens (including phenoxy) is 1. The monoisotopic (exact) mass is 459 g/mol. The van der Waals surface area contributed by atoms with E-state index in [1.165, 1.54) is 28.6 Å². The van der Waals surface area contributed by atoms with Crippen LogP contribution in [0.2, 0.25) is 0 Å². The molecule has 0 saturated carbocycles. The summed E-state index contributed by atoms with van der Waals surface area (Å²) < 4.78 is 67.6. The van der Waals surface area contributed by atoms with Gasteiger partial charge < -0.3 is 15.0 Å². The quantitative estimate of drug-likeness (QED) is 0.647. The molecule has 7 nitrogen and oxygen atoms in total. The van der Waals surface area contributed by atoms with Crippen LogP contribution >= 0.6 is 0 Å². The number of halogens is 3. The number of benzene rings is 2. The molecule has 1 amide bonds. The van der Waals surface area contributed by atoms with Crippen molar-refractivity contribution in [3.8, 4) is 5.75 Å². The number of alkyl halides is 3. The van der Waals surface area contributed by atoms with E-state index >= 15 is 0 Å². The predicted molar refractivity (Wildman–Crippen MR) is 112 cm³/mol. The summed E-state index contributed by atoms with van der Waals surface area (Å²) in [5, 5.41) is 2.64. The van der Waals surface area contributed by atoms with Gasteiger partial charge in [-0.3, -0.25) is 4.79 Å². The Bertz CT molecular complexity index is 1020. The van der Waals surface area contributed by atoms with Crippen molar-refractivity contribution in [2.75, 3.05) is 37.4 Å². The molecular formula is C20H24F3N3O4S. The summed E-state index contributed by atoms with van der Waals surface area (Å²) in [6.45, 7) is 4.04. The highest BCUT2D eigenvalue weighted by molar-refractivity contribution is 7.89. The average Bonchev–Trinajstić information content (AvgIpc) is 2.67. The highest BCUT2D eigenvalue weighted by Crippen LogP contribution is 2.30. The lowest BCUT2D eigenvalue weighted by Crippen LogP contribution is -2.30. The van der Waals surface area contributed by atoms with Gasteiger partial charge in [-0.25, -0.2) is 8.42 Å². The SMILES string of the molecule is CCN(CC)S(=O)(=O)c1ccc(N(C)C)c(NC(=O)c2ccc(OC(F)(F)F)cc2)c1. The highest BCUT2D eigenvalue weighted by Gasteiger charge is 2.31. The summed E-state index contributed by atoms with van der Waals surface area (Å²) in [5.41, 5.74) is 0.888. The Hall–Kier alpha value is -2.79. The maximum absolute atomic E-state index is 12.8. The summed E-state index contributed by atoms with van der Waals surface area (Å²) in [6.07, 6.45) is -4.83. The largest absolute Gasteiger partial charge is 0.573 e. The van der Waals surface area contributed by atoms with Gasteiger partial charge in [0, 0.05) is 32.7 Å². The number of hydrogen-bond donors (Lipinski definition) is 1. The fraction of sp³-hybridized carbons (Fsp3) is 0.350. The van der Waals surface area contributed by atoms with E-state index in [0.717, 1.165) is 12.1 Å². The molecule has 1 N–H and O–H groups in total. The van der Waals surface area contributed by atoms with Crippen LogP contribution in [0, 0.1) is 0 Å². The van der Waals surface area contributed by atoms with Crippen LogP contribution in [-0.4, -0.2) is 52.2 Å². The number of anilines is 2. The van der Waals surface area contributed by atoms with Crippen molar-refractivity contribution in [2.24, 2.45) is 0 Å². The fourth-order valence-corrected chi connectivity index (χ4v) is 4.37. The van der Waals surface area contributed by atoms with Gasteiger partial charge in [-0.2, -0.15) is 4.31 Å². The first kappa shape index (κ1) is 24.5. The molecule has 0 aliphatic carbocycles. The van der Waals surface area contributed by atoms with Crippen molar-refractivity contribution in [3.63, 3.8) is 0 Å². The highest BCUT2D eigenvalue weighted by atomic mass is 32.2. The minimum absolute atomic E-state index is 0.0195. The topological polar surface area (TPSA) is 79.0 Å². The van der Waals surface area contributed by atoms with Crippen LogP contribution in [0.5, 0.6) is 5.75 Å². The lowest BCUT2D eigenvalue weighted by molar-refractivity contribution is -0.274. The molecule has 170 valence electrons. The van der Waals surface area contributed by atoms with Crippen LogP contribution < -0.4 is 15.0 Å². The number of rotatable bonds is 8. The molecule has 0 aliphatic heterocycles.